The minimum Gasteiger partial charge on any atom is -0.347 e. The third-order valence-electron chi connectivity index (χ3n) is 4.69. The van der Waals surface area contributed by atoms with Crippen molar-refractivity contribution >= 4 is 28.8 Å². The Kier molecular flexibility index (Phi) is 4.54. The minimum absolute atomic E-state index is 0.0381. The molecule has 0 radical (unpaired) electrons. The van der Waals surface area contributed by atoms with Gasteiger partial charge in [-0.25, -0.2) is 4.98 Å². The summed E-state index contributed by atoms with van der Waals surface area (Å²) in [5, 5.41) is 1.48. The van der Waals surface area contributed by atoms with E-state index < -0.39 is 5.79 Å². The number of carbonyl (C=O) groups excluding carboxylic acids is 1. The molecular formula is C18H19ClN2O3S. The molecule has 4 rings (SSSR count). The molecule has 0 bridgehead atoms. The Balaban J connectivity index is 1.51. The van der Waals surface area contributed by atoms with E-state index >= 15 is 0 Å². The molecule has 2 fully saturated rings. The van der Waals surface area contributed by atoms with Crippen molar-refractivity contribution in [2.75, 3.05) is 26.3 Å². The van der Waals surface area contributed by atoms with Crippen LogP contribution in [0.2, 0.25) is 5.02 Å². The SMILES string of the molecule is Cc1nc(-c2cccc(Cl)c2)sc1C(=O)N1CCC2(CC1)OCCO2. The highest BCUT2D eigenvalue weighted by Crippen LogP contribution is 2.34. The minimum atomic E-state index is -0.467. The van der Waals surface area contributed by atoms with Crippen molar-refractivity contribution in [1.82, 2.24) is 9.88 Å². The van der Waals surface area contributed by atoms with Gasteiger partial charge in [-0.15, -0.1) is 11.3 Å². The van der Waals surface area contributed by atoms with Crippen LogP contribution in [0, 0.1) is 6.92 Å². The van der Waals surface area contributed by atoms with Gasteiger partial charge in [0.05, 0.1) is 18.9 Å². The van der Waals surface area contributed by atoms with Gasteiger partial charge in [0.2, 0.25) is 0 Å². The Morgan fingerprint density at radius 2 is 2.00 bits per heavy atom. The van der Waals surface area contributed by atoms with Gasteiger partial charge < -0.3 is 14.4 Å². The Bertz CT molecular complexity index is 791. The molecule has 1 amide bonds. The second-order valence-corrected chi connectivity index (χ2v) is 7.78. The van der Waals surface area contributed by atoms with Gasteiger partial charge in [-0.1, -0.05) is 23.7 Å². The topological polar surface area (TPSA) is 51.7 Å². The number of aryl methyl sites for hydroxylation is 1. The fraction of sp³-hybridized carbons (Fsp3) is 0.444. The number of ether oxygens (including phenoxy) is 2. The molecular weight excluding hydrogens is 360 g/mol. The molecule has 7 heteroatoms. The molecule has 2 saturated heterocycles. The lowest BCUT2D eigenvalue weighted by atomic mass is 10.0. The van der Waals surface area contributed by atoms with E-state index in [0.29, 0.717) is 36.2 Å². The lowest BCUT2D eigenvalue weighted by molar-refractivity contribution is -0.181. The summed E-state index contributed by atoms with van der Waals surface area (Å²) in [5.41, 5.74) is 1.70. The summed E-state index contributed by atoms with van der Waals surface area (Å²) < 4.78 is 11.5. The van der Waals surface area contributed by atoms with E-state index in [-0.39, 0.29) is 5.91 Å². The Labute approximate surface area is 155 Å². The summed E-state index contributed by atoms with van der Waals surface area (Å²) in [5.74, 6) is -0.429. The molecule has 132 valence electrons. The van der Waals surface area contributed by atoms with Gasteiger partial charge in [-0.2, -0.15) is 0 Å². The van der Waals surface area contributed by atoms with Crippen molar-refractivity contribution < 1.29 is 14.3 Å². The van der Waals surface area contributed by atoms with Crippen LogP contribution in [-0.4, -0.2) is 47.9 Å². The van der Waals surface area contributed by atoms with Gasteiger partial charge in [0.25, 0.3) is 5.91 Å². The normalized spacial score (nSPS) is 19.5. The van der Waals surface area contributed by atoms with Gasteiger partial charge in [0, 0.05) is 36.5 Å². The molecule has 1 aromatic carbocycles. The van der Waals surface area contributed by atoms with Crippen LogP contribution in [0.25, 0.3) is 10.6 Å². The summed E-state index contributed by atoms with van der Waals surface area (Å²) in [6, 6.07) is 7.54. The van der Waals surface area contributed by atoms with Crippen LogP contribution in [0.4, 0.5) is 0 Å². The van der Waals surface area contributed by atoms with Crippen molar-refractivity contribution in [1.29, 1.82) is 0 Å². The number of piperidine rings is 1. The first kappa shape index (κ1) is 17.0. The molecule has 0 atom stereocenters. The molecule has 1 spiro atoms. The van der Waals surface area contributed by atoms with Crippen LogP contribution in [-0.2, 0) is 9.47 Å². The van der Waals surface area contributed by atoms with E-state index in [2.05, 4.69) is 4.98 Å². The summed E-state index contributed by atoms with van der Waals surface area (Å²) >= 11 is 7.49. The maximum Gasteiger partial charge on any atom is 0.265 e. The lowest BCUT2D eigenvalue weighted by Crippen LogP contribution is -2.47. The number of aromatic nitrogens is 1. The summed E-state index contributed by atoms with van der Waals surface area (Å²) in [6.45, 7) is 4.45. The van der Waals surface area contributed by atoms with Crippen LogP contribution in [0.3, 0.4) is 0 Å². The summed E-state index contributed by atoms with van der Waals surface area (Å²) in [4.78, 5) is 20.1. The number of rotatable bonds is 2. The number of halogens is 1. The van der Waals surface area contributed by atoms with Crippen molar-refractivity contribution in [3.63, 3.8) is 0 Å². The van der Waals surface area contributed by atoms with Crippen molar-refractivity contribution in [2.45, 2.75) is 25.6 Å². The molecule has 2 aliphatic heterocycles. The zero-order valence-electron chi connectivity index (χ0n) is 14.0. The number of likely N-dealkylation sites (tertiary alicyclic amines) is 1. The van der Waals surface area contributed by atoms with E-state index in [0.717, 1.165) is 29.1 Å². The molecule has 25 heavy (non-hydrogen) atoms. The van der Waals surface area contributed by atoms with E-state index in [1.807, 2.05) is 36.1 Å². The van der Waals surface area contributed by atoms with Gasteiger partial charge in [0.15, 0.2) is 5.79 Å². The second kappa shape index (κ2) is 6.68. The summed E-state index contributed by atoms with van der Waals surface area (Å²) in [7, 11) is 0. The number of hydrogen-bond acceptors (Lipinski definition) is 5. The Morgan fingerprint density at radius 3 is 2.68 bits per heavy atom. The van der Waals surface area contributed by atoms with Crippen molar-refractivity contribution in [3.8, 4) is 10.6 Å². The first-order chi connectivity index (χ1) is 12.1. The molecule has 0 N–H and O–H groups in total. The van der Waals surface area contributed by atoms with E-state index in [9.17, 15) is 4.79 Å². The molecule has 0 saturated carbocycles. The van der Waals surface area contributed by atoms with Gasteiger partial charge in [0.1, 0.15) is 9.88 Å². The fourth-order valence-corrected chi connectivity index (χ4v) is 4.54. The highest BCUT2D eigenvalue weighted by atomic mass is 35.5. The Hall–Kier alpha value is -1.47. The molecule has 2 aliphatic rings. The molecule has 5 nitrogen and oxygen atoms in total. The zero-order chi connectivity index (χ0) is 17.4. The van der Waals surface area contributed by atoms with Gasteiger partial charge >= 0.3 is 0 Å². The predicted molar refractivity (Wildman–Crippen MR) is 97.1 cm³/mol. The van der Waals surface area contributed by atoms with E-state index in [1.54, 1.807) is 0 Å². The quantitative estimate of drug-likeness (QED) is 0.798. The van der Waals surface area contributed by atoms with Crippen LogP contribution < -0.4 is 0 Å². The monoisotopic (exact) mass is 378 g/mol. The number of benzene rings is 1. The average Bonchev–Trinajstić information content (AvgIpc) is 3.22. The largest absolute Gasteiger partial charge is 0.347 e. The average molecular weight is 379 g/mol. The molecule has 3 heterocycles. The molecule has 1 aromatic heterocycles. The molecule has 0 aliphatic carbocycles. The maximum absolute atomic E-state index is 12.9. The maximum atomic E-state index is 12.9. The smallest absolute Gasteiger partial charge is 0.265 e. The van der Waals surface area contributed by atoms with E-state index in [1.165, 1.54) is 11.3 Å². The van der Waals surface area contributed by atoms with Crippen molar-refractivity contribution in [2.24, 2.45) is 0 Å². The third kappa shape index (κ3) is 3.31. The number of hydrogen-bond donors (Lipinski definition) is 0. The summed E-state index contributed by atoms with van der Waals surface area (Å²) in [6.07, 6.45) is 1.44. The number of carbonyl (C=O) groups is 1. The number of amides is 1. The van der Waals surface area contributed by atoms with Crippen LogP contribution in [0.15, 0.2) is 24.3 Å². The highest BCUT2D eigenvalue weighted by Gasteiger charge is 2.41. The lowest BCUT2D eigenvalue weighted by Gasteiger charge is -2.37. The fourth-order valence-electron chi connectivity index (χ4n) is 3.32. The van der Waals surface area contributed by atoms with Crippen LogP contribution in [0.1, 0.15) is 28.2 Å². The van der Waals surface area contributed by atoms with E-state index in [4.69, 9.17) is 21.1 Å². The van der Waals surface area contributed by atoms with Crippen molar-refractivity contribution in [3.05, 3.63) is 39.9 Å². The third-order valence-corrected chi connectivity index (χ3v) is 6.12. The Morgan fingerprint density at radius 1 is 1.28 bits per heavy atom. The first-order valence-electron chi connectivity index (χ1n) is 8.37. The standard InChI is InChI=1S/C18H19ClN2O3S/c1-12-15(25-16(20-12)13-3-2-4-14(19)11-13)17(22)21-7-5-18(6-8-21)23-9-10-24-18/h2-4,11H,5-10H2,1H3. The zero-order valence-corrected chi connectivity index (χ0v) is 15.5. The molecule has 2 aromatic rings. The predicted octanol–water partition coefficient (Wildman–Crippen LogP) is 3.75. The number of thiazole rings is 1. The van der Waals surface area contributed by atoms with Crippen LogP contribution >= 0.6 is 22.9 Å². The number of nitrogens with zero attached hydrogens (tertiary/aromatic N) is 2. The highest BCUT2D eigenvalue weighted by molar-refractivity contribution is 7.17. The first-order valence-corrected chi connectivity index (χ1v) is 9.56. The van der Waals surface area contributed by atoms with Gasteiger partial charge in [-0.05, 0) is 19.1 Å². The van der Waals surface area contributed by atoms with Gasteiger partial charge in [-0.3, -0.25) is 4.79 Å². The molecule has 0 unspecified atom stereocenters. The van der Waals surface area contributed by atoms with Crippen LogP contribution in [0.5, 0.6) is 0 Å². The second-order valence-electron chi connectivity index (χ2n) is 6.34.